The average molecular weight is 549 g/mol. The Morgan fingerprint density at radius 3 is 2.39 bits per heavy atom. The molecule has 0 amide bonds. The van der Waals surface area contributed by atoms with Crippen LogP contribution in [0.5, 0.6) is 5.75 Å². The second kappa shape index (κ2) is 10.5. The van der Waals surface area contributed by atoms with Crippen LogP contribution in [0.4, 0.5) is 17.1 Å². The molecule has 0 aromatic heterocycles. The first-order chi connectivity index (χ1) is 18.3. The van der Waals surface area contributed by atoms with E-state index < -0.39 is 20.6 Å². The van der Waals surface area contributed by atoms with E-state index in [1.54, 1.807) is 0 Å². The molecule has 4 aromatic rings. The molecule has 2 N–H and O–H groups in total. The third-order valence-corrected chi connectivity index (χ3v) is 7.53. The molecule has 0 saturated heterocycles. The molecule has 0 radical (unpaired) electrons. The van der Waals surface area contributed by atoms with Crippen LogP contribution in [0.15, 0.2) is 107 Å². The highest BCUT2D eigenvalue weighted by molar-refractivity contribution is 7.92. The van der Waals surface area contributed by atoms with Crippen LogP contribution < -0.4 is 14.9 Å². The summed E-state index contributed by atoms with van der Waals surface area (Å²) < 4.78 is 34.3. The quantitative estimate of drug-likeness (QED) is 0.204. The highest BCUT2D eigenvalue weighted by Gasteiger charge is 2.27. The number of nitrogens with zero attached hydrogens (tertiary/aromatic N) is 2. The van der Waals surface area contributed by atoms with E-state index in [0.717, 1.165) is 17.2 Å². The number of sulfonamides is 1. The maximum Gasteiger partial charge on any atom is 0.295 e. The van der Waals surface area contributed by atoms with Crippen molar-refractivity contribution in [1.29, 1.82) is 0 Å². The number of nitro groups is 1. The molecule has 0 spiro atoms. The third-order valence-electron chi connectivity index (χ3n) is 5.90. The van der Waals surface area contributed by atoms with Gasteiger partial charge in [0.25, 0.3) is 15.7 Å². The molecule has 1 heterocycles. The normalized spacial score (nSPS) is 15.8. The van der Waals surface area contributed by atoms with Crippen molar-refractivity contribution in [3.05, 3.63) is 123 Å². The molecular weight excluding hydrogens is 528 g/mol. The molecule has 38 heavy (non-hydrogen) atoms. The molecule has 5 rings (SSSR count). The first kappa shape index (κ1) is 25.2. The number of benzene rings is 4. The van der Waals surface area contributed by atoms with Gasteiger partial charge in [-0.1, -0.05) is 54.1 Å². The molecule has 11 heteroatoms. The fraction of sp³-hybridized carbons (Fsp3) is 0.0741. The molecule has 1 atom stereocenters. The van der Waals surface area contributed by atoms with Crippen LogP contribution in [-0.2, 0) is 10.0 Å². The smallest absolute Gasteiger partial charge is 0.295 e. The minimum Gasteiger partial charge on any atom is -0.485 e. The lowest BCUT2D eigenvalue weighted by Gasteiger charge is -2.27. The van der Waals surface area contributed by atoms with E-state index in [2.05, 4.69) is 15.2 Å². The SMILES string of the molecule is O=[N+]([O-])c1cc(S(=O)(=O)Nc2ccc(Cl)cc2)ccc1N/N=C1\C[C@@H](c2ccccc2)Oc2ccccc21. The van der Waals surface area contributed by atoms with Gasteiger partial charge in [0.15, 0.2) is 0 Å². The van der Waals surface area contributed by atoms with Gasteiger partial charge in [0.1, 0.15) is 17.5 Å². The summed E-state index contributed by atoms with van der Waals surface area (Å²) in [4.78, 5) is 10.9. The summed E-state index contributed by atoms with van der Waals surface area (Å²) in [6.45, 7) is 0. The lowest BCUT2D eigenvalue weighted by Crippen LogP contribution is -2.22. The fourth-order valence-electron chi connectivity index (χ4n) is 4.03. The number of para-hydroxylation sites is 1. The summed E-state index contributed by atoms with van der Waals surface area (Å²) in [5.74, 6) is 0.650. The topological polar surface area (TPSA) is 123 Å². The van der Waals surface area contributed by atoms with Gasteiger partial charge in [-0.05, 0) is 54.1 Å². The number of fused-ring (bicyclic) bond motifs is 1. The van der Waals surface area contributed by atoms with E-state index in [-0.39, 0.29) is 22.4 Å². The molecule has 0 saturated carbocycles. The molecule has 0 fully saturated rings. The Hall–Kier alpha value is -4.41. The Bertz CT molecular complexity index is 1630. The predicted octanol–water partition coefficient (Wildman–Crippen LogP) is 6.39. The Kier molecular flexibility index (Phi) is 6.99. The molecule has 0 unspecified atom stereocenters. The Morgan fingerprint density at radius 2 is 1.66 bits per heavy atom. The van der Waals surface area contributed by atoms with E-state index in [4.69, 9.17) is 16.3 Å². The Morgan fingerprint density at radius 1 is 0.947 bits per heavy atom. The van der Waals surface area contributed by atoms with Gasteiger partial charge >= 0.3 is 0 Å². The van der Waals surface area contributed by atoms with Gasteiger partial charge in [-0.15, -0.1) is 0 Å². The van der Waals surface area contributed by atoms with E-state index in [1.807, 2.05) is 54.6 Å². The molecule has 1 aliphatic heterocycles. The van der Waals surface area contributed by atoms with Gasteiger partial charge in [0.2, 0.25) is 0 Å². The molecule has 4 aromatic carbocycles. The lowest BCUT2D eigenvalue weighted by atomic mass is 9.96. The number of hydrazone groups is 1. The molecule has 0 bridgehead atoms. The van der Waals surface area contributed by atoms with Gasteiger partial charge in [0.05, 0.1) is 15.5 Å². The second-order valence-corrected chi connectivity index (χ2v) is 10.6. The summed E-state index contributed by atoms with van der Waals surface area (Å²) in [6.07, 6.45) is 0.146. The first-order valence-corrected chi connectivity index (χ1v) is 13.4. The largest absolute Gasteiger partial charge is 0.485 e. The number of halogens is 1. The number of nitrogens with one attached hydrogen (secondary N) is 2. The van der Waals surface area contributed by atoms with E-state index in [9.17, 15) is 18.5 Å². The number of anilines is 2. The van der Waals surface area contributed by atoms with Crippen LogP contribution in [0, 0.1) is 10.1 Å². The number of rotatable bonds is 7. The number of nitro benzene ring substituents is 1. The number of ether oxygens (including phenoxy) is 1. The maximum absolute atomic E-state index is 12.9. The van der Waals surface area contributed by atoms with E-state index in [0.29, 0.717) is 22.9 Å². The molecular formula is C27H21ClN4O5S. The zero-order valence-corrected chi connectivity index (χ0v) is 21.3. The van der Waals surface area contributed by atoms with Crippen LogP contribution >= 0.6 is 11.6 Å². The highest BCUT2D eigenvalue weighted by atomic mass is 35.5. The second-order valence-electron chi connectivity index (χ2n) is 8.44. The van der Waals surface area contributed by atoms with Gasteiger partial charge in [-0.2, -0.15) is 5.10 Å². The van der Waals surface area contributed by atoms with Gasteiger partial charge in [0, 0.05) is 28.8 Å². The van der Waals surface area contributed by atoms with Crippen molar-refractivity contribution in [2.24, 2.45) is 5.10 Å². The first-order valence-electron chi connectivity index (χ1n) is 11.5. The van der Waals surface area contributed by atoms with E-state index >= 15 is 0 Å². The molecule has 0 aliphatic carbocycles. The van der Waals surface area contributed by atoms with Gasteiger partial charge < -0.3 is 4.74 Å². The summed E-state index contributed by atoms with van der Waals surface area (Å²) in [5.41, 5.74) is 5.05. The van der Waals surface area contributed by atoms with Gasteiger partial charge in [-0.3, -0.25) is 20.3 Å². The molecule has 1 aliphatic rings. The summed E-state index contributed by atoms with van der Waals surface area (Å²) in [7, 11) is -4.09. The Balaban J connectivity index is 1.44. The Labute approximate surface area is 223 Å². The standard InChI is InChI=1S/C27H21ClN4O5S/c28-19-10-12-20(13-11-19)31-38(35,36)21-14-15-23(25(16-21)32(33)34)29-30-24-17-27(18-6-2-1-3-7-18)37-26-9-5-4-8-22(24)26/h1-16,27,29,31H,17H2/b30-24+/t27-/m0/s1. The van der Waals surface area contributed by atoms with Crippen molar-refractivity contribution in [2.45, 2.75) is 17.4 Å². The fourth-order valence-corrected chi connectivity index (χ4v) is 5.24. The summed E-state index contributed by atoms with van der Waals surface area (Å²) in [5, 5.41) is 16.8. The van der Waals surface area contributed by atoms with E-state index in [1.165, 1.54) is 36.4 Å². The minimum atomic E-state index is -4.09. The zero-order valence-electron chi connectivity index (χ0n) is 19.7. The van der Waals surface area contributed by atoms with Crippen molar-refractivity contribution in [3.63, 3.8) is 0 Å². The van der Waals surface area contributed by atoms with Crippen LogP contribution in [0.2, 0.25) is 5.02 Å². The van der Waals surface area contributed by atoms with Crippen molar-refractivity contribution < 1.29 is 18.1 Å². The van der Waals surface area contributed by atoms with Crippen LogP contribution in [0.1, 0.15) is 23.7 Å². The zero-order chi connectivity index (χ0) is 26.7. The van der Waals surface area contributed by atoms with Crippen molar-refractivity contribution in [3.8, 4) is 5.75 Å². The lowest BCUT2D eigenvalue weighted by molar-refractivity contribution is -0.384. The van der Waals surface area contributed by atoms with Crippen molar-refractivity contribution in [1.82, 2.24) is 0 Å². The van der Waals surface area contributed by atoms with Gasteiger partial charge in [-0.25, -0.2) is 8.42 Å². The predicted molar refractivity (Wildman–Crippen MR) is 146 cm³/mol. The average Bonchev–Trinajstić information content (AvgIpc) is 2.93. The number of hydrogen-bond acceptors (Lipinski definition) is 7. The maximum atomic E-state index is 12.9. The molecule has 9 nitrogen and oxygen atoms in total. The van der Waals surface area contributed by atoms with Crippen molar-refractivity contribution in [2.75, 3.05) is 10.1 Å². The summed E-state index contributed by atoms with van der Waals surface area (Å²) >= 11 is 5.85. The van der Waals surface area contributed by atoms with Crippen molar-refractivity contribution >= 4 is 44.4 Å². The van der Waals surface area contributed by atoms with Crippen LogP contribution in [0.3, 0.4) is 0 Å². The minimum absolute atomic E-state index is 0.0492. The molecule has 192 valence electrons. The monoisotopic (exact) mass is 548 g/mol. The van der Waals surface area contributed by atoms with Crippen LogP contribution in [-0.4, -0.2) is 19.1 Å². The van der Waals surface area contributed by atoms with Crippen LogP contribution in [0.25, 0.3) is 0 Å². The number of hydrogen-bond donors (Lipinski definition) is 2. The highest BCUT2D eigenvalue weighted by Crippen LogP contribution is 2.36. The third kappa shape index (κ3) is 5.46. The summed E-state index contributed by atoms with van der Waals surface area (Å²) in [6, 6.07) is 26.8.